The predicted octanol–water partition coefficient (Wildman–Crippen LogP) is 5.01. The zero-order valence-corrected chi connectivity index (χ0v) is 24.8. The van der Waals surface area contributed by atoms with Crippen LogP contribution in [0.15, 0.2) is 42.5 Å². The second-order valence-corrected chi connectivity index (χ2v) is 11.5. The number of amides is 3. The van der Waals surface area contributed by atoms with Crippen molar-refractivity contribution < 1.29 is 32.3 Å². The number of fused-ring (bicyclic) bond motifs is 5. The van der Waals surface area contributed by atoms with E-state index in [1.807, 2.05) is 39.0 Å². The Labute approximate surface area is 248 Å². The minimum absolute atomic E-state index is 0.0801. The lowest BCUT2D eigenvalue weighted by molar-refractivity contribution is -0.164. The van der Waals surface area contributed by atoms with Crippen molar-refractivity contribution in [2.45, 2.75) is 58.3 Å². The molecule has 2 N–H and O–H groups in total. The quantitative estimate of drug-likeness (QED) is 0.382. The number of hydrogen-bond donors (Lipinski definition) is 2. The molecular weight excluding hydrogens is 561 g/mol. The van der Waals surface area contributed by atoms with Gasteiger partial charge in [0.1, 0.15) is 5.75 Å². The van der Waals surface area contributed by atoms with Crippen LogP contribution in [-0.4, -0.2) is 59.2 Å². The van der Waals surface area contributed by atoms with E-state index in [-0.39, 0.29) is 31.2 Å². The molecule has 1 aromatic heterocycles. The van der Waals surface area contributed by atoms with Crippen molar-refractivity contribution in [1.29, 1.82) is 0 Å². The monoisotopic (exact) mass is 598 g/mol. The van der Waals surface area contributed by atoms with E-state index >= 15 is 0 Å². The molecule has 5 rings (SSSR count). The molecule has 11 heteroatoms. The molecule has 43 heavy (non-hydrogen) atoms. The van der Waals surface area contributed by atoms with Crippen LogP contribution in [0.2, 0.25) is 0 Å². The van der Waals surface area contributed by atoms with E-state index < -0.39 is 35.0 Å². The van der Waals surface area contributed by atoms with Gasteiger partial charge in [-0.3, -0.25) is 14.4 Å². The van der Waals surface area contributed by atoms with Gasteiger partial charge in [0.25, 0.3) is 0 Å². The fourth-order valence-corrected chi connectivity index (χ4v) is 6.79. The number of methoxy groups -OCH3 is 1. The molecule has 0 aliphatic carbocycles. The molecule has 230 valence electrons. The summed E-state index contributed by atoms with van der Waals surface area (Å²) in [4.78, 5) is 48.1. The third kappa shape index (κ3) is 5.45. The Hall–Kier alpha value is -4.02. The minimum atomic E-state index is -4.49. The number of carbonyl (C=O) groups is 3. The first kappa shape index (κ1) is 30.4. The number of piperidine rings is 1. The van der Waals surface area contributed by atoms with Crippen LogP contribution in [0.1, 0.15) is 56.0 Å². The molecule has 0 saturated carbocycles. The number of alkyl halides is 3. The van der Waals surface area contributed by atoms with Gasteiger partial charge in [-0.25, -0.2) is 0 Å². The molecule has 2 aliphatic rings. The van der Waals surface area contributed by atoms with Crippen molar-refractivity contribution in [2.75, 3.05) is 26.7 Å². The van der Waals surface area contributed by atoms with E-state index in [0.29, 0.717) is 37.4 Å². The van der Waals surface area contributed by atoms with Crippen molar-refractivity contribution in [3.8, 4) is 5.75 Å². The fraction of sp³-hybridized carbons (Fsp3) is 0.469. The molecule has 2 aromatic carbocycles. The number of benzene rings is 2. The molecule has 2 aliphatic heterocycles. The van der Waals surface area contributed by atoms with E-state index in [0.717, 1.165) is 34.3 Å². The number of hydrogen-bond acceptors (Lipinski definition) is 4. The molecule has 3 heterocycles. The van der Waals surface area contributed by atoms with Gasteiger partial charge in [-0.2, -0.15) is 13.2 Å². The van der Waals surface area contributed by atoms with Crippen LogP contribution in [0.3, 0.4) is 0 Å². The normalized spacial score (nSPS) is 21.7. The summed E-state index contributed by atoms with van der Waals surface area (Å²) in [6.07, 6.45) is -3.90. The number of nitrogens with zero attached hydrogens (tertiary/aromatic N) is 2. The lowest BCUT2D eigenvalue weighted by atomic mass is 9.67. The number of nitrogens with one attached hydrogen (secondary N) is 2. The fourth-order valence-electron chi connectivity index (χ4n) is 6.79. The zero-order valence-electron chi connectivity index (χ0n) is 24.8. The highest BCUT2D eigenvalue weighted by Crippen LogP contribution is 2.50. The first-order valence-electron chi connectivity index (χ1n) is 14.6. The highest BCUT2D eigenvalue weighted by Gasteiger charge is 2.57. The molecule has 0 radical (unpaired) electrons. The van der Waals surface area contributed by atoms with Gasteiger partial charge in [0.15, 0.2) is 0 Å². The van der Waals surface area contributed by atoms with E-state index in [1.165, 1.54) is 12.1 Å². The Kier molecular flexibility index (Phi) is 8.20. The number of rotatable bonds is 8. The third-order valence-corrected chi connectivity index (χ3v) is 9.13. The van der Waals surface area contributed by atoms with Crippen LogP contribution < -0.4 is 10.1 Å². The van der Waals surface area contributed by atoms with Crippen LogP contribution in [0.25, 0.3) is 10.9 Å². The van der Waals surface area contributed by atoms with Crippen molar-refractivity contribution in [1.82, 2.24) is 20.1 Å². The van der Waals surface area contributed by atoms with Crippen LogP contribution >= 0.6 is 0 Å². The summed E-state index contributed by atoms with van der Waals surface area (Å²) < 4.78 is 44.8. The van der Waals surface area contributed by atoms with Crippen LogP contribution in [0, 0.1) is 11.8 Å². The van der Waals surface area contributed by atoms with Crippen molar-refractivity contribution in [3.63, 3.8) is 0 Å². The molecule has 3 aromatic rings. The SMILES string of the molecule is CCN(CC)C(=O)[C@H]1CC(CC(=O)NCc2cccc(C(F)(F)F)c2)C(=O)N2CCc3c([nH]c4ccc(OC)cc34)[C@]12C. The number of aromatic amines is 1. The number of carbonyl (C=O) groups excluding carboxylic acids is 3. The van der Waals surface area contributed by atoms with Gasteiger partial charge in [0, 0.05) is 55.1 Å². The van der Waals surface area contributed by atoms with Gasteiger partial charge >= 0.3 is 6.18 Å². The largest absolute Gasteiger partial charge is 0.497 e. The average Bonchev–Trinajstić information content (AvgIpc) is 3.37. The maximum atomic E-state index is 14.1. The minimum Gasteiger partial charge on any atom is -0.497 e. The zero-order chi connectivity index (χ0) is 31.1. The van der Waals surface area contributed by atoms with Crippen molar-refractivity contribution >= 4 is 28.6 Å². The van der Waals surface area contributed by atoms with E-state index in [9.17, 15) is 27.6 Å². The summed E-state index contributed by atoms with van der Waals surface area (Å²) in [5.74, 6) is -1.38. The maximum Gasteiger partial charge on any atom is 0.416 e. The van der Waals surface area contributed by atoms with Crippen LogP contribution in [0.4, 0.5) is 13.2 Å². The lowest BCUT2D eigenvalue weighted by Gasteiger charge is -2.54. The molecule has 1 unspecified atom stereocenters. The molecule has 3 atom stereocenters. The molecular formula is C32H37F3N4O4. The standard InChI is InChI=1S/C32H37F3N4O4/c1-5-38(6-2)30(42)25-15-20(16-27(40)36-18-19-8-7-9-21(14-19)32(33,34)35)29(41)39-13-12-23-24-17-22(43-4)10-11-26(24)37-28(23)31(25,39)3/h7-11,14,17,20,25,37H,5-6,12-13,15-16,18H2,1-4H3,(H,36,40)/t20?,25-,31+/m1/s1. The second-order valence-electron chi connectivity index (χ2n) is 11.5. The Bertz CT molecular complexity index is 1550. The lowest BCUT2D eigenvalue weighted by Crippen LogP contribution is -2.64. The Morgan fingerprint density at radius 2 is 1.91 bits per heavy atom. The number of ether oxygens (including phenoxy) is 1. The molecule has 3 amide bonds. The highest BCUT2D eigenvalue weighted by molar-refractivity contribution is 5.93. The van der Waals surface area contributed by atoms with Gasteiger partial charge in [0.2, 0.25) is 17.7 Å². The van der Waals surface area contributed by atoms with Crippen LogP contribution in [0.5, 0.6) is 5.75 Å². The molecule has 8 nitrogen and oxygen atoms in total. The first-order chi connectivity index (χ1) is 20.4. The van der Waals surface area contributed by atoms with Crippen molar-refractivity contribution in [2.24, 2.45) is 11.8 Å². The summed E-state index contributed by atoms with van der Waals surface area (Å²) in [6, 6.07) is 10.5. The number of H-pyrrole nitrogens is 1. The average molecular weight is 599 g/mol. The molecule has 1 fully saturated rings. The highest BCUT2D eigenvalue weighted by atomic mass is 19.4. The molecule has 0 bridgehead atoms. The second kappa shape index (κ2) is 11.6. The summed E-state index contributed by atoms with van der Waals surface area (Å²) in [5.41, 5.74) is 1.33. The summed E-state index contributed by atoms with van der Waals surface area (Å²) in [6.45, 7) is 7.06. The number of aromatic nitrogens is 1. The summed E-state index contributed by atoms with van der Waals surface area (Å²) in [5, 5.41) is 3.66. The molecule has 0 spiro atoms. The van der Waals surface area contributed by atoms with Gasteiger partial charge in [0.05, 0.1) is 24.1 Å². The van der Waals surface area contributed by atoms with E-state index in [4.69, 9.17) is 4.74 Å². The van der Waals surface area contributed by atoms with Gasteiger partial charge in [-0.1, -0.05) is 12.1 Å². The first-order valence-corrected chi connectivity index (χ1v) is 14.6. The molecule has 1 saturated heterocycles. The smallest absolute Gasteiger partial charge is 0.416 e. The van der Waals surface area contributed by atoms with Gasteiger partial charge in [-0.15, -0.1) is 0 Å². The van der Waals surface area contributed by atoms with Gasteiger partial charge in [-0.05, 0) is 75.1 Å². The summed E-state index contributed by atoms with van der Waals surface area (Å²) >= 11 is 0. The Morgan fingerprint density at radius 3 is 2.58 bits per heavy atom. The third-order valence-electron chi connectivity index (χ3n) is 9.13. The summed E-state index contributed by atoms with van der Waals surface area (Å²) in [7, 11) is 1.61. The van der Waals surface area contributed by atoms with E-state index in [2.05, 4.69) is 10.3 Å². The van der Waals surface area contributed by atoms with Crippen molar-refractivity contribution in [3.05, 3.63) is 64.8 Å². The van der Waals surface area contributed by atoms with Crippen LogP contribution in [-0.2, 0) is 39.1 Å². The van der Waals surface area contributed by atoms with Gasteiger partial charge < -0.3 is 24.8 Å². The number of halogens is 3. The van der Waals surface area contributed by atoms with E-state index in [1.54, 1.807) is 16.9 Å². The Balaban J connectivity index is 1.43. The topological polar surface area (TPSA) is 94.7 Å². The predicted molar refractivity (Wildman–Crippen MR) is 155 cm³/mol. The Morgan fingerprint density at radius 1 is 1.16 bits per heavy atom. The maximum absolute atomic E-state index is 14.1.